The number of benzene rings is 1. The number of H-pyrrole nitrogens is 1. The SMILES string of the molecule is COCCOCc1nc2sc(C)c(-c3ccc(Cl)cc3Cl)c2c(=O)[nH]1. The quantitative estimate of drug-likeness (QED) is 0.623. The minimum absolute atomic E-state index is 0.208. The van der Waals surface area contributed by atoms with E-state index in [1.807, 2.05) is 13.0 Å². The van der Waals surface area contributed by atoms with E-state index in [4.69, 9.17) is 32.7 Å². The van der Waals surface area contributed by atoms with Gasteiger partial charge >= 0.3 is 0 Å². The molecule has 0 unspecified atom stereocenters. The zero-order valence-electron chi connectivity index (χ0n) is 13.7. The smallest absolute Gasteiger partial charge is 0.260 e. The number of thiophene rings is 1. The third-order valence-electron chi connectivity index (χ3n) is 3.66. The van der Waals surface area contributed by atoms with Gasteiger partial charge in [0.25, 0.3) is 5.56 Å². The summed E-state index contributed by atoms with van der Waals surface area (Å²) < 4.78 is 10.4. The summed E-state index contributed by atoms with van der Waals surface area (Å²) in [6.07, 6.45) is 0. The van der Waals surface area contributed by atoms with Crippen molar-refractivity contribution in [3.63, 3.8) is 0 Å². The Bertz CT molecular complexity index is 968. The number of halogens is 2. The van der Waals surface area contributed by atoms with Crippen LogP contribution in [0, 0.1) is 6.92 Å². The third-order valence-corrected chi connectivity index (χ3v) is 5.21. The van der Waals surface area contributed by atoms with Crippen LogP contribution >= 0.6 is 34.5 Å². The lowest BCUT2D eigenvalue weighted by Crippen LogP contribution is -2.13. The Kier molecular flexibility index (Phi) is 5.76. The van der Waals surface area contributed by atoms with Crippen LogP contribution < -0.4 is 5.56 Å². The summed E-state index contributed by atoms with van der Waals surface area (Å²) in [5.74, 6) is 0.489. The molecule has 0 spiro atoms. The van der Waals surface area contributed by atoms with Crippen molar-refractivity contribution in [2.24, 2.45) is 0 Å². The Morgan fingerprint density at radius 3 is 2.80 bits per heavy atom. The van der Waals surface area contributed by atoms with Gasteiger partial charge in [-0.05, 0) is 19.1 Å². The van der Waals surface area contributed by atoms with Crippen molar-refractivity contribution < 1.29 is 9.47 Å². The number of methoxy groups -OCH3 is 1. The maximum Gasteiger partial charge on any atom is 0.260 e. The van der Waals surface area contributed by atoms with Crippen molar-refractivity contribution in [1.82, 2.24) is 9.97 Å². The topological polar surface area (TPSA) is 64.2 Å². The monoisotopic (exact) mass is 398 g/mol. The van der Waals surface area contributed by atoms with Crippen LogP contribution in [0.1, 0.15) is 10.7 Å². The fourth-order valence-electron chi connectivity index (χ4n) is 2.56. The molecule has 1 N–H and O–H groups in total. The van der Waals surface area contributed by atoms with Gasteiger partial charge in [0.05, 0.1) is 18.6 Å². The Morgan fingerprint density at radius 2 is 2.08 bits per heavy atom. The fraction of sp³-hybridized carbons (Fsp3) is 0.294. The van der Waals surface area contributed by atoms with Gasteiger partial charge in [0, 0.05) is 33.2 Å². The van der Waals surface area contributed by atoms with Crippen LogP contribution in [0.15, 0.2) is 23.0 Å². The summed E-state index contributed by atoms with van der Waals surface area (Å²) >= 11 is 13.8. The largest absolute Gasteiger partial charge is 0.382 e. The second kappa shape index (κ2) is 7.85. The minimum atomic E-state index is -0.208. The number of hydrogen-bond acceptors (Lipinski definition) is 5. The Morgan fingerprint density at radius 1 is 1.28 bits per heavy atom. The van der Waals surface area contributed by atoms with Gasteiger partial charge in [-0.3, -0.25) is 4.79 Å². The first-order valence-corrected chi connectivity index (χ1v) is 9.13. The number of fused-ring (bicyclic) bond motifs is 1. The lowest BCUT2D eigenvalue weighted by atomic mass is 10.0. The second-order valence-corrected chi connectivity index (χ2v) is 7.44. The van der Waals surface area contributed by atoms with Gasteiger partial charge in [-0.15, -0.1) is 11.3 Å². The lowest BCUT2D eigenvalue weighted by molar-refractivity contribution is 0.0587. The summed E-state index contributed by atoms with van der Waals surface area (Å²) in [5, 5.41) is 1.59. The maximum atomic E-state index is 12.6. The highest BCUT2D eigenvalue weighted by atomic mass is 35.5. The molecule has 25 heavy (non-hydrogen) atoms. The average Bonchev–Trinajstić information content (AvgIpc) is 2.88. The van der Waals surface area contributed by atoms with E-state index in [0.29, 0.717) is 39.3 Å². The van der Waals surface area contributed by atoms with E-state index in [2.05, 4.69) is 9.97 Å². The number of rotatable bonds is 6. The second-order valence-electron chi connectivity index (χ2n) is 5.40. The van der Waals surface area contributed by atoms with E-state index in [1.165, 1.54) is 11.3 Å². The molecule has 3 rings (SSSR count). The van der Waals surface area contributed by atoms with E-state index in [-0.39, 0.29) is 12.2 Å². The van der Waals surface area contributed by atoms with Gasteiger partial charge in [-0.1, -0.05) is 29.3 Å². The summed E-state index contributed by atoms with van der Waals surface area (Å²) in [4.78, 5) is 21.6. The van der Waals surface area contributed by atoms with Crippen molar-refractivity contribution >= 4 is 44.8 Å². The standard InChI is InChI=1S/C17H16Cl2N2O3S/c1-9-14(11-4-3-10(18)7-12(11)19)15-16(22)20-13(21-17(15)25-9)8-24-6-5-23-2/h3-4,7H,5-6,8H2,1-2H3,(H,20,21,22). The van der Waals surface area contributed by atoms with Crippen molar-refractivity contribution in [2.75, 3.05) is 20.3 Å². The van der Waals surface area contributed by atoms with E-state index in [9.17, 15) is 4.79 Å². The van der Waals surface area contributed by atoms with Crippen LogP contribution in [-0.4, -0.2) is 30.3 Å². The normalized spacial score (nSPS) is 11.4. The Balaban J connectivity index is 2.04. The van der Waals surface area contributed by atoms with Crippen molar-refractivity contribution in [2.45, 2.75) is 13.5 Å². The van der Waals surface area contributed by atoms with Crippen LogP contribution in [0.4, 0.5) is 0 Å². The molecule has 132 valence electrons. The molecule has 0 saturated carbocycles. The molecule has 3 aromatic rings. The van der Waals surface area contributed by atoms with Gasteiger partial charge in [0.15, 0.2) is 0 Å². The van der Waals surface area contributed by atoms with Gasteiger partial charge < -0.3 is 14.5 Å². The van der Waals surface area contributed by atoms with Gasteiger partial charge in [0.1, 0.15) is 17.3 Å². The molecule has 0 aliphatic heterocycles. The van der Waals surface area contributed by atoms with E-state index >= 15 is 0 Å². The first-order valence-electron chi connectivity index (χ1n) is 7.55. The highest BCUT2D eigenvalue weighted by molar-refractivity contribution is 7.19. The highest BCUT2D eigenvalue weighted by Gasteiger charge is 2.18. The lowest BCUT2D eigenvalue weighted by Gasteiger charge is -2.06. The zero-order chi connectivity index (χ0) is 18.0. The van der Waals surface area contributed by atoms with Gasteiger partial charge in [-0.2, -0.15) is 0 Å². The van der Waals surface area contributed by atoms with Crippen LogP contribution in [0.2, 0.25) is 10.0 Å². The number of nitrogens with zero attached hydrogens (tertiary/aromatic N) is 1. The minimum Gasteiger partial charge on any atom is -0.382 e. The summed E-state index contributed by atoms with van der Waals surface area (Å²) in [7, 11) is 1.60. The number of nitrogens with one attached hydrogen (secondary N) is 1. The third kappa shape index (κ3) is 3.88. The molecule has 0 amide bonds. The number of aromatic amines is 1. The van der Waals surface area contributed by atoms with Gasteiger partial charge in [-0.25, -0.2) is 4.98 Å². The van der Waals surface area contributed by atoms with Crippen LogP contribution in [0.25, 0.3) is 21.3 Å². The predicted molar refractivity (Wildman–Crippen MR) is 102 cm³/mol. The molecule has 1 aromatic carbocycles. The molecule has 0 saturated heterocycles. The van der Waals surface area contributed by atoms with Crippen LogP contribution in [0.5, 0.6) is 0 Å². The average molecular weight is 399 g/mol. The predicted octanol–water partition coefficient (Wildman–Crippen LogP) is 4.43. The van der Waals surface area contributed by atoms with Crippen molar-refractivity contribution in [1.29, 1.82) is 0 Å². The molecule has 0 aliphatic rings. The Hall–Kier alpha value is -1.44. The molecule has 2 heterocycles. The number of aromatic nitrogens is 2. The van der Waals surface area contributed by atoms with Crippen LogP contribution in [-0.2, 0) is 16.1 Å². The van der Waals surface area contributed by atoms with Crippen molar-refractivity contribution in [3.8, 4) is 11.1 Å². The van der Waals surface area contributed by atoms with Crippen LogP contribution in [0.3, 0.4) is 0 Å². The van der Waals surface area contributed by atoms with E-state index in [1.54, 1.807) is 19.2 Å². The zero-order valence-corrected chi connectivity index (χ0v) is 16.0. The molecule has 8 heteroatoms. The molecule has 0 bridgehead atoms. The first-order chi connectivity index (χ1) is 12.0. The molecule has 2 aromatic heterocycles. The summed E-state index contributed by atoms with van der Waals surface area (Å²) in [6.45, 7) is 3.10. The summed E-state index contributed by atoms with van der Waals surface area (Å²) in [6, 6.07) is 5.24. The number of aryl methyl sites for hydroxylation is 1. The molecule has 0 atom stereocenters. The fourth-order valence-corrected chi connectivity index (χ4v) is 4.12. The molecule has 0 radical (unpaired) electrons. The van der Waals surface area contributed by atoms with Gasteiger partial charge in [0.2, 0.25) is 0 Å². The number of hydrogen-bond donors (Lipinski definition) is 1. The maximum absolute atomic E-state index is 12.6. The molecule has 0 aliphatic carbocycles. The highest BCUT2D eigenvalue weighted by Crippen LogP contribution is 2.39. The number of ether oxygens (including phenoxy) is 2. The summed E-state index contributed by atoms with van der Waals surface area (Å²) in [5.41, 5.74) is 1.36. The molecule has 0 fully saturated rings. The Labute approximate surface area is 158 Å². The molecular weight excluding hydrogens is 383 g/mol. The molecular formula is C17H16Cl2N2O3S. The first kappa shape index (κ1) is 18.4. The van der Waals surface area contributed by atoms with E-state index < -0.39 is 0 Å². The molecule has 5 nitrogen and oxygen atoms in total. The van der Waals surface area contributed by atoms with Crippen molar-refractivity contribution in [3.05, 3.63) is 49.3 Å². The van der Waals surface area contributed by atoms with E-state index in [0.717, 1.165) is 16.0 Å².